The minimum absolute atomic E-state index is 0.0105. The number of hydrogen-bond acceptors (Lipinski definition) is 15. The summed E-state index contributed by atoms with van der Waals surface area (Å²) < 4.78 is 58.7. The molecule has 0 heterocycles. The third kappa shape index (κ3) is 41.4. The first-order valence-electron chi connectivity index (χ1n) is 16.3. The molecule has 0 aliphatic heterocycles. The molecule has 0 aromatic carbocycles. The summed E-state index contributed by atoms with van der Waals surface area (Å²) in [5.41, 5.74) is 0. The Balaban J connectivity index is 0. The van der Waals surface area contributed by atoms with E-state index < -0.39 is 6.10 Å². The van der Waals surface area contributed by atoms with Gasteiger partial charge in [-0.25, -0.2) is 0 Å². The van der Waals surface area contributed by atoms with Gasteiger partial charge in [0.25, 0.3) is 0 Å². The van der Waals surface area contributed by atoms with E-state index in [0.29, 0.717) is 119 Å². The van der Waals surface area contributed by atoms with Crippen molar-refractivity contribution in [3.8, 4) is 0 Å². The van der Waals surface area contributed by atoms with Crippen molar-refractivity contribution in [2.45, 2.75) is 65.1 Å². The monoisotopic (exact) mass is 678 g/mol. The standard InChI is InChI=1S/C16H34O9.C15H32O6/c17-1-3-19-5-7-21-9-11-23-13-15-25-16-14-24-12-10-22-8-6-20-4-2-18;1-11(17)7-18-13(3)9-20-15(5)10-21-14(4)8-19-12(2)6-16/h17-18H,1-16H2;11-17H,6-10H2,1-5H3. The second-order valence-electron chi connectivity index (χ2n) is 10.3. The fourth-order valence-electron chi connectivity index (χ4n) is 2.95. The van der Waals surface area contributed by atoms with Crippen LogP contribution in [0.4, 0.5) is 0 Å². The molecule has 0 aromatic heterocycles. The van der Waals surface area contributed by atoms with E-state index in [9.17, 15) is 0 Å². The van der Waals surface area contributed by atoms with Gasteiger partial charge in [-0.3, -0.25) is 0 Å². The maximum atomic E-state index is 9.12. The molecule has 0 bridgehead atoms. The van der Waals surface area contributed by atoms with E-state index in [4.69, 9.17) is 72.5 Å². The molecule has 5 atom stereocenters. The molecule has 46 heavy (non-hydrogen) atoms. The van der Waals surface area contributed by atoms with Crippen LogP contribution in [0, 0.1) is 0 Å². The smallest absolute Gasteiger partial charge is 0.0781 e. The maximum absolute atomic E-state index is 9.12. The first kappa shape index (κ1) is 47.5. The number of aliphatic hydroxyl groups excluding tert-OH is 4. The quantitative estimate of drug-likeness (QED) is 0.0661. The zero-order chi connectivity index (χ0) is 34.5. The fourth-order valence-corrected chi connectivity index (χ4v) is 2.95. The van der Waals surface area contributed by atoms with E-state index in [2.05, 4.69) is 0 Å². The Hall–Kier alpha value is -0.600. The van der Waals surface area contributed by atoms with Crippen molar-refractivity contribution in [3.05, 3.63) is 0 Å². The van der Waals surface area contributed by atoms with E-state index in [-0.39, 0.29) is 44.2 Å². The third-order valence-electron chi connectivity index (χ3n) is 5.43. The van der Waals surface area contributed by atoms with Gasteiger partial charge in [-0.15, -0.1) is 0 Å². The van der Waals surface area contributed by atoms with Crippen molar-refractivity contribution in [2.75, 3.05) is 139 Å². The van der Waals surface area contributed by atoms with Crippen molar-refractivity contribution in [1.29, 1.82) is 0 Å². The molecule has 0 aliphatic carbocycles. The minimum atomic E-state index is -0.463. The summed E-state index contributed by atoms with van der Waals surface area (Å²) in [6.45, 7) is 17.8. The van der Waals surface area contributed by atoms with Gasteiger partial charge in [-0.2, -0.15) is 0 Å². The molecule has 0 amide bonds. The van der Waals surface area contributed by atoms with Gasteiger partial charge in [0, 0.05) is 0 Å². The van der Waals surface area contributed by atoms with Crippen molar-refractivity contribution < 1.29 is 72.5 Å². The highest BCUT2D eigenvalue weighted by atomic mass is 16.6. The summed E-state index contributed by atoms with van der Waals surface area (Å²) in [6.07, 6.45) is -0.783. The van der Waals surface area contributed by atoms with E-state index in [1.165, 1.54) is 0 Å². The molecule has 0 aromatic rings. The summed E-state index contributed by atoms with van der Waals surface area (Å²) in [7, 11) is 0. The van der Waals surface area contributed by atoms with Crippen LogP contribution in [0.15, 0.2) is 0 Å². The van der Waals surface area contributed by atoms with Crippen molar-refractivity contribution in [2.24, 2.45) is 0 Å². The van der Waals surface area contributed by atoms with Crippen LogP contribution in [0.1, 0.15) is 34.6 Å². The maximum Gasteiger partial charge on any atom is 0.0781 e. The van der Waals surface area contributed by atoms with Gasteiger partial charge in [-0.1, -0.05) is 0 Å². The Morgan fingerprint density at radius 2 is 0.587 bits per heavy atom. The molecule has 0 saturated heterocycles. The first-order valence-corrected chi connectivity index (χ1v) is 16.3. The van der Waals surface area contributed by atoms with Crippen LogP contribution in [0.5, 0.6) is 0 Å². The topological polar surface area (TPSA) is 182 Å². The lowest BCUT2D eigenvalue weighted by atomic mass is 10.3. The van der Waals surface area contributed by atoms with Crippen molar-refractivity contribution in [3.63, 3.8) is 0 Å². The zero-order valence-electron chi connectivity index (χ0n) is 29.0. The van der Waals surface area contributed by atoms with Gasteiger partial charge in [0.05, 0.1) is 169 Å². The fraction of sp³-hybridized carbons (Fsp3) is 1.00. The lowest BCUT2D eigenvalue weighted by Crippen LogP contribution is -2.28. The lowest BCUT2D eigenvalue weighted by molar-refractivity contribution is -0.0936. The normalized spacial score (nSPS) is 14.8. The van der Waals surface area contributed by atoms with Crippen molar-refractivity contribution >= 4 is 0 Å². The van der Waals surface area contributed by atoms with Gasteiger partial charge in [-0.05, 0) is 34.6 Å². The average Bonchev–Trinajstić information content (AvgIpc) is 3.05. The summed E-state index contributed by atoms with van der Waals surface area (Å²) in [4.78, 5) is 0. The molecule has 5 unspecified atom stereocenters. The van der Waals surface area contributed by atoms with Crippen molar-refractivity contribution in [1.82, 2.24) is 0 Å². The van der Waals surface area contributed by atoms with E-state index >= 15 is 0 Å². The van der Waals surface area contributed by atoms with Gasteiger partial charge >= 0.3 is 0 Å². The lowest BCUT2D eigenvalue weighted by Gasteiger charge is -2.21. The predicted octanol–water partition coefficient (Wildman–Crippen LogP) is 0.0671. The summed E-state index contributed by atoms with van der Waals surface area (Å²) in [6, 6.07) is 0. The molecule has 0 fully saturated rings. The van der Waals surface area contributed by atoms with Crippen LogP contribution in [0.3, 0.4) is 0 Å². The number of rotatable bonds is 35. The van der Waals surface area contributed by atoms with E-state index in [1.807, 2.05) is 27.7 Å². The zero-order valence-corrected chi connectivity index (χ0v) is 29.0. The van der Waals surface area contributed by atoms with Gasteiger partial charge in [0.15, 0.2) is 0 Å². The third-order valence-corrected chi connectivity index (χ3v) is 5.43. The first-order chi connectivity index (χ1) is 22.3. The SMILES string of the molecule is CC(O)COC(C)COC(C)COC(C)COC(C)CO.OCCOCCOCCOCCOCCOCCOCCOCCO. The highest BCUT2D eigenvalue weighted by Crippen LogP contribution is 2.02. The number of ether oxygens (including phenoxy) is 11. The molecule has 4 N–H and O–H groups in total. The average molecular weight is 679 g/mol. The Kier molecular flexibility index (Phi) is 40.1. The van der Waals surface area contributed by atoms with E-state index in [0.717, 1.165) is 0 Å². The highest BCUT2D eigenvalue weighted by molar-refractivity contribution is 4.57. The molecule has 0 aliphatic rings. The van der Waals surface area contributed by atoms with E-state index in [1.54, 1.807) is 6.92 Å². The number of aliphatic hydroxyl groups is 4. The second kappa shape index (κ2) is 38.8. The Morgan fingerprint density at radius 3 is 0.826 bits per heavy atom. The molecule has 0 spiro atoms. The van der Waals surface area contributed by atoms with Gasteiger partial charge in [0.1, 0.15) is 0 Å². The summed E-state index contributed by atoms with van der Waals surface area (Å²) >= 11 is 0. The Morgan fingerprint density at radius 1 is 0.348 bits per heavy atom. The minimum Gasteiger partial charge on any atom is -0.394 e. The van der Waals surface area contributed by atoms with Gasteiger partial charge < -0.3 is 72.5 Å². The van der Waals surface area contributed by atoms with Crippen LogP contribution < -0.4 is 0 Å². The molecule has 0 rings (SSSR count). The molecule has 0 radical (unpaired) electrons. The van der Waals surface area contributed by atoms with Crippen LogP contribution in [0.25, 0.3) is 0 Å². The Labute approximate surface area is 276 Å². The molecule has 0 saturated carbocycles. The van der Waals surface area contributed by atoms with Crippen LogP contribution in [-0.4, -0.2) is 190 Å². The number of hydrogen-bond donors (Lipinski definition) is 4. The molecule has 280 valence electrons. The summed E-state index contributed by atoms with van der Waals surface area (Å²) in [5.74, 6) is 0. The Bertz CT molecular complexity index is 540. The molecular formula is C31H66O15. The molecule has 15 heteroatoms. The van der Waals surface area contributed by atoms with Gasteiger partial charge in [0.2, 0.25) is 0 Å². The molecule has 15 nitrogen and oxygen atoms in total. The second-order valence-corrected chi connectivity index (χ2v) is 10.3. The molecular weight excluding hydrogens is 612 g/mol. The summed E-state index contributed by atoms with van der Waals surface area (Å²) in [5, 5.41) is 35.0. The van der Waals surface area contributed by atoms with Crippen LogP contribution >= 0.6 is 0 Å². The predicted molar refractivity (Wildman–Crippen MR) is 170 cm³/mol. The van der Waals surface area contributed by atoms with Crippen LogP contribution in [0.2, 0.25) is 0 Å². The highest BCUT2D eigenvalue weighted by Gasteiger charge is 2.11. The largest absolute Gasteiger partial charge is 0.394 e. The van der Waals surface area contributed by atoms with Crippen LogP contribution in [-0.2, 0) is 52.1 Å².